The Balaban J connectivity index is 1.76. The number of para-hydroxylation sites is 2. The molecule has 0 saturated heterocycles. The molecule has 0 fully saturated rings. The smallest absolute Gasteiger partial charge is 0.244 e. The SMILES string of the molecule is CCc1ccccc1NC(=O)CN1C(=O)CSc2ccccc21. The summed E-state index contributed by atoms with van der Waals surface area (Å²) >= 11 is 1.51. The van der Waals surface area contributed by atoms with E-state index in [1.54, 1.807) is 4.90 Å². The predicted molar refractivity (Wildman–Crippen MR) is 94.0 cm³/mol. The normalized spacial score (nSPS) is 13.6. The molecule has 0 saturated carbocycles. The van der Waals surface area contributed by atoms with E-state index < -0.39 is 0 Å². The van der Waals surface area contributed by atoms with Gasteiger partial charge in [-0.1, -0.05) is 37.3 Å². The van der Waals surface area contributed by atoms with Crippen molar-refractivity contribution in [1.82, 2.24) is 0 Å². The maximum Gasteiger partial charge on any atom is 0.244 e. The van der Waals surface area contributed by atoms with E-state index in [9.17, 15) is 9.59 Å². The molecule has 3 rings (SSSR count). The first-order valence-corrected chi connectivity index (χ1v) is 8.57. The van der Waals surface area contributed by atoms with Crippen LogP contribution in [0.4, 0.5) is 11.4 Å². The Morgan fingerprint density at radius 1 is 1.17 bits per heavy atom. The van der Waals surface area contributed by atoms with Crippen molar-refractivity contribution in [2.75, 3.05) is 22.5 Å². The standard InChI is InChI=1S/C18H18N2O2S/c1-2-13-7-3-4-8-14(13)19-17(21)11-20-15-9-5-6-10-16(15)23-12-18(20)22/h3-10H,2,11-12H2,1H3,(H,19,21). The zero-order valence-electron chi connectivity index (χ0n) is 12.9. The highest BCUT2D eigenvalue weighted by molar-refractivity contribution is 8.00. The van der Waals surface area contributed by atoms with Crippen molar-refractivity contribution < 1.29 is 9.59 Å². The molecule has 0 unspecified atom stereocenters. The Bertz CT molecular complexity index is 745. The Morgan fingerprint density at radius 3 is 2.74 bits per heavy atom. The van der Waals surface area contributed by atoms with E-state index in [4.69, 9.17) is 0 Å². The molecular weight excluding hydrogens is 308 g/mol. The van der Waals surface area contributed by atoms with Crippen LogP contribution in [-0.2, 0) is 16.0 Å². The number of benzene rings is 2. The van der Waals surface area contributed by atoms with Crippen LogP contribution < -0.4 is 10.2 Å². The lowest BCUT2D eigenvalue weighted by Gasteiger charge is -2.28. The number of carbonyl (C=O) groups is 2. The van der Waals surface area contributed by atoms with Gasteiger partial charge in [0.1, 0.15) is 6.54 Å². The first kappa shape index (κ1) is 15.6. The van der Waals surface area contributed by atoms with Crippen LogP contribution in [0, 0.1) is 0 Å². The van der Waals surface area contributed by atoms with Gasteiger partial charge in [0.15, 0.2) is 0 Å². The molecule has 23 heavy (non-hydrogen) atoms. The van der Waals surface area contributed by atoms with Gasteiger partial charge in [0.2, 0.25) is 11.8 Å². The molecule has 0 aliphatic carbocycles. The molecule has 0 spiro atoms. The van der Waals surface area contributed by atoms with E-state index in [-0.39, 0.29) is 18.4 Å². The van der Waals surface area contributed by atoms with Crippen molar-refractivity contribution in [2.24, 2.45) is 0 Å². The van der Waals surface area contributed by atoms with Gasteiger partial charge in [0.05, 0.1) is 11.4 Å². The van der Waals surface area contributed by atoms with E-state index in [0.29, 0.717) is 5.75 Å². The van der Waals surface area contributed by atoms with Gasteiger partial charge < -0.3 is 10.2 Å². The highest BCUT2D eigenvalue weighted by Gasteiger charge is 2.26. The van der Waals surface area contributed by atoms with Crippen LogP contribution in [0.5, 0.6) is 0 Å². The Kier molecular flexibility index (Phi) is 4.67. The lowest BCUT2D eigenvalue weighted by atomic mass is 10.1. The monoisotopic (exact) mass is 326 g/mol. The number of aryl methyl sites for hydroxylation is 1. The maximum absolute atomic E-state index is 12.4. The first-order valence-electron chi connectivity index (χ1n) is 7.59. The van der Waals surface area contributed by atoms with Crippen molar-refractivity contribution in [3.63, 3.8) is 0 Å². The second-order valence-electron chi connectivity index (χ2n) is 5.30. The fraction of sp³-hybridized carbons (Fsp3) is 0.222. The molecule has 2 aromatic rings. The minimum Gasteiger partial charge on any atom is -0.324 e. The van der Waals surface area contributed by atoms with Crippen molar-refractivity contribution in [3.8, 4) is 0 Å². The van der Waals surface area contributed by atoms with E-state index >= 15 is 0 Å². The van der Waals surface area contributed by atoms with E-state index in [1.807, 2.05) is 55.5 Å². The molecule has 0 radical (unpaired) electrons. The fourth-order valence-corrected chi connectivity index (χ4v) is 3.55. The largest absolute Gasteiger partial charge is 0.324 e. The molecule has 0 bridgehead atoms. The third-order valence-corrected chi connectivity index (χ3v) is 4.83. The zero-order valence-corrected chi connectivity index (χ0v) is 13.7. The summed E-state index contributed by atoms with van der Waals surface area (Å²) in [6.45, 7) is 2.08. The van der Waals surface area contributed by atoms with Crippen LogP contribution in [0.3, 0.4) is 0 Å². The third-order valence-electron chi connectivity index (χ3n) is 3.78. The molecule has 0 atom stereocenters. The van der Waals surface area contributed by atoms with E-state index in [1.165, 1.54) is 11.8 Å². The molecule has 2 amide bonds. The van der Waals surface area contributed by atoms with Crippen LogP contribution in [0.1, 0.15) is 12.5 Å². The van der Waals surface area contributed by atoms with Gasteiger partial charge >= 0.3 is 0 Å². The molecule has 1 N–H and O–H groups in total. The number of fused-ring (bicyclic) bond motifs is 1. The van der Waals surface area contributed by atoms with Crippen molar-refractivity contribution in [3.05, 3.63) is 54.1 Å². The number of amides is 2. The van der Waals surface area contributed by atoms with Gasteiger partial charge in [-0.15, -0.1) is 11.8 Å². The van der Waals surface area contributed by atoms with E-state index in [0.717, 1.165) is 28.3 Å². The Labute approximate surface area is 139 Å². The third kappa shape index (κ3) is 3.40. The quantitative estimate of drug-likeness (QED) is 0.937. The number of nitrogens with zero attached hydrogens (tertiary/aromatic N) is 1. The van der Waals surface area contributed by atoms with Crippen molar-refractivity contribution in [1.29, 1.82) is 0 Å². The van der Waals surface area contributed by atoms with Gasteiger partial charge in [-0.2, -0.15) is 0 Å². The van der Waals surface area contributed by atoms with Crippen molar-refractivity contribution in [2.45, 2.75) is 18.2 Å². The summed E-state index contributed by atoms with van der Waals surface area (Å²) in [4.78, 5) is 27.2. The number of carbonyl (C=O) groups excluding carboxylic acids is 2. The fourth-order valence-electron chi connectivity index (χ4n) is 2.61. The Hall–Kier alpha value is -2.27. The van der Waals surface area contributed by atoms with Crippen LogP contribution in [0.2, 0.25) is 0 Å². The molecular formula is C18H18N2O2S. The van der Waals surface area contributed by atoms with Gasteiger partial charge in [-0.3, -0.25) is 9.59 Å². The number of thioether (sulfide) groups is 1. The lowest BCUT2D eigenvalue weighted by Crippen LogP contribution is -2.41. The average molecular weight is 326 g/mol. The number of hydrogen-bond donors (Lipinski definition) is 1. The highest BCUT2D eigenvalue weighted by atomic mass is 32.2. The number of hydrogen-bond acceptors (Lipinski definition) is 3. The van der Waals surface area contributed by atoms with E-state index in [2.05, 4.69) is 5.32 Å². The average Bonchev–Trinajstić information content (AvgIpc) is 2.58. The minimum atomic E-state index is -0.180. The second kappa shape index (κ2) is 6.87. The summed E-state index contributed by atoms with van der Waals surface area (Å²) in [6.07, 6.45) is 0.846. The van der Waals surface area contributed by atoms with Crippen LogP contribution in [-0.4, -0.2) is 24.1 Å². The molecule has 2 aromatic carbocycles. The van der Waals surface area contributed by atoms with Crippen molar-refractivity contribution >= 4 is 35.0 Å². The number of anilines is 2. The summed E-state index contributed by atoms with van der Waals surface area (Å²) in [5.41, 5.74) is 2.71. The number of nitrogens with one attached hydrogen (secondary N) is 1. The number of rotatable bonds is 4. The van der Waals surface area contributed by atoms with Gasteiger partial charge in [0, 0.05) is 10.6 Å². The predicted octanol–water partition coefficient (Wildman–Crippen LogP) is 3.33. The first-order chi connectivity index (χ1) is 11.2. The lowest BCUT2D eigenvalue weighted by molar-refractivity contribution is -0.120. The zero-order chi connectivity index (χ0) is 16.2. The molecule has 5 heteroatoms. The van der Waals surface area contributed by atoms with Gasteiger partial charge in [-0.05, 0) is 30.2 Å². The second-order valence-corrected chi connectivity index (χ2v) is 6.31. The molecule has 118 valence electrons. The molecule has 4 nitrogen and oxygen atoms in total. The molecule has 1 aliphatic rings. The summed E-state index contributed by atoms with van der Waals surface area (Å²) in [5.74, 6) is 0.157. The highest BCUT2D eigenvalue weighted by Crippen LogP contribution is 2.34. The summed E-state index contributed by atoms with van der Waals surface area (Å²) in [7, 11) is 0. The molecule has 0 aromatic heterocycles. The van der Waals surface area contributed by atoms with Crippen LogP contribution in [0.15, 0.2) is 53.4 Å². The summed E-state index contributed by atoms with van der Waals surface area (Å²) in [6, 6.07) is 15.4. The maximum atomic E-state index is 12.4. The minimum absolute atomic E-state index is 0.0346. The van der Waals surface area contributed by atoms with Crippen LogP contribution >= 0.6 is 11.8 Å². The topological polar surface area (TPSA) is 49.4 Å². The van der Waals surface area contributed by atoms with Crippen LogP contribution in [0.25, 0.3) is 0 Å². The summed E-state index contributed by atoms with van der Waals surface area (Å²) in [5, 5.41) is 2.92. The Morgan fingerprint density at radius 2 is 1.91 bits per heavy atom. The summed E-state index contributed by atoms with van der Waals surface area (Å²) < 4.78 is 0. The molecule has 1 heterocycles. The molecule has 1 aliphatic heterocycles. The van der Waals surface area contributed by atoms with Gasteiger partial charge in [0.25, 0.3) is 0 Å². The van der Waals surface area contributed by atoms with Gasteiger partial charge in [-0.25, -0.2) is 0 Å².